The van der Waals surface area contributed by atoms with Gasteiger partial charge in [0.25, 0.3) is 5.91 Å². The number of rotatable bonds is 9. The maximum absolute atomic E-state index is 14.7. The van der Waals surface area contributed by atoms with Gasteiger partial charge in [0.15, 0.2) is 0 Å². The smallest absolute Gasteiger partial charge is 0.336 e. The number of hydrogen-bond donors (Lipinski definition) is 0. The third-order valence-electron chi connectivity index (χ3n) is 8.27. The second-order valence-corrected chi connectivity index (χ2v) is 11.1. The van der Waals surface area contributed by atoms with Crippen LogP contribution < -0.4 is 0 Å². The number of carbonyl (C=O) groups excluding carboxylic acids is 3. The number of ether oxygens (including phenoxy) is 1. The lowest BCUT2D eigenvalue weighted by Gasteiger charge is -2.35. The van der Waals surface area contributed by atoms with Gasteiger partial charge in [0, 0.05) is 56.3 Å². The van der Waals surface area contributed by atoms with Crippen LogP contribution in [0.4, 0.5) is 4.39 Å². The molecule has 2 amide bonds. The van der Waals surface area contributed by atoms with Crippen LogP contribution in [0.5, 0.6) is 0 Å². The molecule has 1 fully saturated rings. The van der Waals surface area contributed by atoms with Crippen LogP contribution in [0.15, 0.2) is 96.2 Å². The largest absolute Gasteiger partial charge is 0.463 e. The molecule has 1 unspecified atom stereocenters. The first kappa shape index (κ1) is 30.9. The van der Waals surface area contributed by atoms with Gasteiger partial charge in [-0.3, -0.25) is 14.5 Å². The van der Waals surface area contributed by atoms with E-state index in [1.165, 1.54) is 11.6 Å². The Labute approximate surface area is 258 Å². The molecular formula is C36H38FN3O4. The predicted octanol–water partition coefficient (Wildman–Crippen LogP) is 5.65. The molecule has 228 valence electrons. The molecule has 1 atom stereocenters. The summed E-state index contributed by atoms with van der Waals surface area (Å²) in [5, 5.41) is 0. The summed E-state index contributed by atoms with van der Waals surface area (Å²) in [7, 11) is 0. The first-order chi connectivity index (χ1) is 21.4. The number of allylic oxidation sites excluding steroid dienone is 1. The summed E-state index contributed by atoms with van der Waals surface area (Å²) in [5.74, 6) is -1.96. The number of esters is 1. The lowest BCUT2D eigenvalue weighted by atomic mass is 9.83. The van der Waals surface area contributed by atoms with Gasteiger partial charge in [-0.1, -0.05) is 72.8 Å². The third kappa shape index (κ3) is 7.14. The molecule has 2 heterocycles. The van der Waals surface area contributed by atoms with Gasteiger partial charge in [-0.05, 0) is 48.7 Å². The molecule has 2 aliphatic heterocycles. The van der Waals surface area contributed by atoms with Gasteiger partial charge < -0.3 is 14.5 Å². The van der Waals surface area contributed by atoms with Crippen molar-refractivity contribution in [2.75, 3.05) is 39.3 Å². The highest BCUT2D eigenvalue weighted by Crippen LogP contribution is 2.38. The summed E-state index contributed by atoms with van der Waals surface area (Å²) < 4.78 is 20.0. The van der Waals surface area contributed by atoms with Gasteiger partial charge in [0.1, 0.15) is 5.82 Å². The molecule has 8 heteroatoms. The molecule has 0 radical (unpaired) electrons. The minimum atomic E-state index is -0.723. The highest BCUT2D eigenvalue weighted by molar-refractivity contribution is 5.96. The average Bonchev–Trinajstić information content (AvgIpc) is 3.04. The molecule has 7 nitrogen and oxygen atoms in total. The number of hydrogen-bond acceptors (Lipinski definition) is 5. The zero-order valence-corrected chi connectivity index (χ0v) is 25.2. The van der Waals surface area contributed by atoms with E-state index in [1.807, 2.05) is 35.2 Å². The highest BCUT2D eigenvalue weighted by Gasteiger charge is 2.38. The van der Waals surface area contributed by atoms with Crippen molar-refractivity contribution in [3.05, 3.63) is 124 Å². The Morgan fingerprint density at radius 3 is 2.30 bits per heavy atom. The quantitative estimate of drug-likeness (QED) is 0.299. The lowest BCUT2D eigenvalue weighted by molar-refractivity contribution is -0.140. The van der Waals surface area contributed by atoms with Crippen LogP contribution >= 0.6 is 0 Å². The minimum Gasteiger partial charge on any atom is -0.463 e. The number of piperazine rings is 1. The molecule has 0 bridgehead atoms. The van der Waals surface area contributed by atoms with Gasteiger partial charge in [0.05, 0.1) is 18.7 Å². The Hall–Kier alpha value is -4.56. The van der Waals surface area contributed by atoms with Crippen LogP contribution in [0.3, 0.4) is 0 Å². The Bertz CT molecular complexity index is 1540. The summed E-state index contributed by atoms with van der Waals surface area (Å²) in [5.41, 5.74) is 3.62. The lowest BCUT2D eigenvalue weighted by Crippen LogP contribution is -2.48. The Morgan fingerprint density at radius 2 is 1.61 bits per heavy atom. The van der Waals surface area contributed by atoms with Crippen molar-refractivity contribution in [1.29, 1.82) is 0 Å². The van der Waals surface area contributed by atoms with Crippen LogP contribution in [0.25, 0.3) is 6.08 Å². The van der Waals surface area contributed by atoms with E-state index in [2.05, 4.69) is 29.2 Å². The second kappa shape index (κ2) is 14.3. The van der Waals surface area contributed by atoms with Gasteiger partial charge >= 0.3 is 5.97 Å². The summed E-state index contributed by atoms with van der Waals surface area (Å²) in [6.07, 6.45) is 4.23. The molecule has 0 spiro atoms. The van der Waals surface area contributed by atoms with Crippen molar-refractivity contribution in [3.63, 3.8) is 0 Å². The fraction of sp³-hybridized carbons (Fsp3) is 0.306. The number of nitrogens with zero attached hydrogens (tertiary/aromatic N) is 3. The van der Waals surface area contributed by atoms with Crippen molar-refractivity contribution in [2.24, 2.45) is 0 Å². The highest BCUT2D eigenvalue weighted by atomic mass is 19.1. The van der Waals surface area contributed by atoms with Crippen LogP contribution in [0, 0.1) is 5.82 Å². The fourth-order valence-electron chi connectivity index (χ4n) is 5.85. The molecule has 1 saturated heterocycles. The average molecular weight is 596 g/mol. The maximum Gasteiger partial charge on any atom is 0.336 e. The van der Waals surface area contributed by atoms with E-state index in [0.717, 1.165) is 25.2 Å². The zero-order valence-electron chi connectivity index (χ0n) is 25.2. The molecular weight excluding hydrogens is 557 g/mol. The van der Waals surface area contributed by atoms with Crippen LogP contribution in [-0.4, -0.2) is 71.8 Å². The van der Waals surface area contributed by atoms with Crippen LogP contribution in [-0.2, 0) is 20.9 Å². The van der Waals surface area contributed by atoms with E-state index in [1.54, 1.807) is 49.1 Å². The molecule has 5 rings (SSSR count). The molecule has 0 aromatic heterocycles. The van der Waals surface area contributed by atoms with Gasteiger partial charge in [-0.25, -0.2) is 9.18 Å². The number of benzene rings is 3. The van der Waals surface area contributed by atoms with E-state index in [-0.39, 0.29) is 37.0 Å². The Morgan fingerprint density at radius 1 is 0.932 bits per heavy atom. The third-order valence-corrected chi connectivity index (χ3v) is 8.27. The van der Waals surface area contributed by atoms with E-state index < -0.39 is 17.7 Å². The fourth-order valence-corrected chi connectivity index (χ4v) is 5.85. The SMILES string of the molecule is CCOC(=O)C1=C(C)N(Cc2ccc(C(=O)N3CCN(C/C=C/c4ccccc4)CC3)cc2)C(=O)CC1c1ccccc1F. The number of amides is 2. The predicted molar refractivity (Wildman–Crippen MR) is 168 cm³/mol. The topological polar surface area (TPSA) is 70.2 Å². The molecule has 3 aromatic carbocycles. The number of carbonyl (C=O) groups is 3. The van der Waals surface area contributed by atoms with E-state index in [4.69, 9.17) is 4.74 Å². The summed E-state index contributed by atoms with van der Waals surface area (Å²) in [6.45, 7) is 7.58. The molecule has 0 aliphatic carbocycles. The normalized spacial score (nSPS) is 17.8. The number of halogens is 1. The van der Waals surface area contributed by atoms with E-state index >= 15 is 0 Å². The minimum absolute atomic E-state index is 0.0153. The Kier molecular flexibility index (Phi) is 10.0. The molecule has 3 aromatic rings. The van der Waals surface area contributed by atoms with Crippen LogP contribution in [0.2, 0.25) is 0 Å². The molecule has 2 aliphatic rings. The van der Waals surface area contributed by atoms with E-state index in [9.17, 15) is 18.8 Å². The summed E-state index contributed by atoms with van der Waals surface area (Å²) in [4.78, 5) is 45.3. The van der Waals surface area contributed by atoms with Crippen molar-refractivity contribution in [2.45, 2.75) is 32.7 Å². The van der Waals surface area contributed by atoms with Crippen molar-refractivity contribution in [1.82, 2.24) is 14.7 Å². The zero-order chi connectivity index (χ0) is 31.1. The monoisotopic (exact) mass is 595 g/mol. The van der Waals surface area contributed by atoms with Crippen molar-refractivity contribution >= 4 is 23.9 Å². The molecule has 44 heavy (non-hydrogen) atoms. The van der Waals surface area contributed by atoms with E-state index in [0.29, 0.717) is 29.9 Å². The van der Waals surface area contributed by atoms with Gasteiger partial charge in [0.2, 0.25) is 5.91 Å². The molecule has 0 saturated carbocycles. The van der Waals surface area contributed by atoms with Gasteiger partial charge in [-0.15, -0.1) is 0 Å². The standard InChI is InChI=1S/C36H38FN3O4/c1-3-44-36(43)34-26(2)40(33(41)24-31(34)30-13-7-8-14-32(30)37)25-28-15-17-29(18-16-28)35(42)39-22-20-38(21-23-39)19-9-12-27-10-5-4-6-11-27/h4-18,31H,3,19-25H2,1-2H3/b12-9+. The first-order valence-electron chi connectivity index (χ1n) is 15.1. The van der Waals surface area contributed by atoms with Crippen molar-refractivity contribution < 1.29 is 23.5 Å². The first-order valence-corrected chi connectivity index (χ1v) is 15.1. The second-order valence-electron chi connectivity index (χ2n) is 11.1. The molecule has 0 N–H and O–H groups in total. The van der Waals surface area contributed by atoms with Crippen molar-refractivity contribution in [3.8, 4) is 0 Å². The summed E-state index contributed by atoms with van der Waals surface area (Å²) in [6, 6.07) is 23.7. The van der Waals surface area contributed by atoms with Gasteiger partial charge in [-0.2, -0.15) is 0 Å². The summed E-state index contributed by atoms with van der Waals surface area (Å²) >= 11 is 0. The van der Waals surface area contributed by atoms with Crippen LogP contribution in [0.1, 0.15) is 53.2 Å². The Balaban J connectivity index is 1.22. The maximum atomic E-state index is 14.7.